The molecule has 0 saturated carbocycles. The van der Waals surface area contributed by atoms with Gasteiger partial charge in [0.25, 0.3) is 6.43 Å². The first-order valence-electron chi connectivity index (χ1n) is 8.47. The fourth-order valence-corrected chi connectivity index (χ4v) is 2.31. The number of benzene rings is 2. The summed E-state index contributed by atoms with van der Waals surface area (Å²) in [5.74, 6) is 0.378. The number of hydrogen-bond donors (Lipinski definition) is 2. The summed E-state index contributed by atoms with van der Waals surface area (Å²) in [4.78, 5) is 11.8. The zero-order valence-electron chi connectivity index (χ0n) is 14.8. The zero-order valence-corrected chi connectivity index (χ0v) is 14.8. The number of alkyl halides is 4. The van der Waals surface area contributed by atoms with Crippen molar-refractivity contribution in [2.24, 2.45) is 0 Å². The van der Waals surface area contributed by atoms with E-state index in [-0.39, 0.29) is 12.3 Å². The lowest BCUT2D eigenvalue weighted by molar-refractivity contribution is -0.0498. The van der Waals surface area contributed by atoms with Crippen molar-refractivity contribution in [2.75, 3.05) is 13.2 Å². The minimum absolute atomic E-state index is 0.0733. The predicted octanol–water partition coefficient (Wildman–Crippen LogP) is 3.97. The van der Waals surface area contributed by atoms with Gasteiger partial charge in [-0.25, -0.2) is 13.6 Å². The predicted molar refractivity (Wildman–Crippen MR) is 95.0 cm³/mol. The van der Waals surface area contributed by atoms with Crippen LogP contribution in [0.5, 0.6) is 11.5 Å². The third-order valence-electron chi connectivity index (χ3n) is 3.58. The van der Waals surface area contributed by atoms with Gasteiger partial charge in [0.05, 0.1) is 0 Å². The molecule has 0 radical (unpaired) electrons. The van der Waals surface area contributed by atoms with Gasteiger partial charge in [0.15, 0.2) is 0 Å². The number of carbonyl (C=O) groups excluding carboxylic acids is 1. The van der Waals surface area contributed by atoms with Crippen LogP contribution in [-0.4, -0.2) is 32.2 Å². The van der Waals surface area contributed by atoms with Gasteiger partial charge in [0.2, 0.25) is 0 Å². The zero-order chi connectivity index (χ0) is 20.4. The number of nitrogens with one attached hydrogen (secondary N) is 2. The monoisotopic (exact) mass is 400 g/mol. The van der Waals surface area contributed by atoms with Crippen LogP contribution in [0.4, 0.5) is 22.4 Å². The van der Waals surface area contributed by atoms with Gasteiger partial charge in [0.1, 0.15) is 18.1 Å². The van der Waals surface area contributed by atoms with E-state index in [1.54, 1.807) is 36.4 Å². The first-order valence-corrected chi connectivity index (χ1v) is 8.47. The fraction of sp³-hybridized carbons (Fsp3) is 0.316. The number of urea groups is 1. The first kappa shape index (κ1) is 21.3. The van der Waals surface area contributed by atoms with Crippen LogP contribution >= 0.6 is 0 Å². The van der Waals surface area contributed by atoms with Crippen LogP contribution in [0.1, 0.15) is 11.1 Å². The Balaban J connectivity index is 1.69. The van der Waals surface area contributed by atoms with Crippen LogP contribution in [-0.2, 0) is 13.0 Å². The third-order valence-corrected chi connectivity index (χ3v) is 3.58. The van der Waals surface area contributed by atoms with Crippen LogP contribution in [0.25, 0.3) is 0 Å². The molecule has 0 heterocycles. The molecule has 28 heavy (non-hydrogen) atoms. The van der Waals surface area contributed by atoms with Crippen LogP contribution in [0.3, 0.4) is 0 Å². The Morgan fingerprint density at radius 1 is 0.929 bits per heavy atom. The highest BCUT2D eigenvalue weighted by Gasteiger charge is 2.06. The number of halogens is 4. The van der Waals surface area contributed by atoms with Gasteiger partial charge in [-0.1, -0.05) is 24.3 Å². The maximum atomic E-state index is 12.2. The second-order valence-corrected chi connectivity index (χ2v) is 5.73. The van der Waals surface area contributed by atoms with Crippen LogP contribution in [0.15, 0.2) is 48.5 Å². The molecule has 0 unspecified atom stereocenters. The standard InChI is InChI=1S/C19H20F4N2O3/c20-17(21)12-27-16-3-1-2-14(10-16)11-25-19(26)24-9-8-13-4-6-15(7-5-13)28-18(22)23/h1-7,10,17-18H,8-9,11-12H2,(H2,24,25,26). The van der Waals surface area contributed by atoms with Gasteiger partial charge in [0, 0.05) is 13.1 Å². The molecule has 0 aliphatic rings. The van der Waals surface area contributed by atoms with Gasteiger partial charge in [-0.3, -0.25) is 0 Å². The van der Waals surface area contributed by atoms with Crippen LogP contribution in [0, 0.1) is 0 Å². The van der Waals surface area contributed by atoms with Crippen LogP contribution < -0.4 is 20.1 Å². The Bertz CT molecular complexity index is 742. The number of hydrogen-bond acceptors (Lipinski definition) is 3. The molecular weight excluding hydrogens is 380 g/mol. The van der Waals surface area contributed by atoms with Gasteiger partial charge >= 0.3 is 12.6 Å². The molecule has 2 amide bonds. The topological polar surface area (TPSA) is 59.6 Å². The molecule has 0 spiro atoms. The van der Waals surface area contributed by atoms with Crippen molar-refractivity contribution in [3.8, 4) is 11.5 Å². The van der Waals surface area contributed by atoms with Crippen molar-refractivity contribution in [1.82, 2.24) is 10.6 Å². The van der Waals surface area contributed by atoms with E-state index in [4.69, 9.17) is 4.74 Å². The molecule has 0 fully saturated rings. The molecule has 2 N–H and O–H groups in total. The van der Waals surface area contributed by atoms with Gasteiger partial charge < -0.3 is 20.1 Å². The summed E-state index contributed by atoms with van der Waals surface area (Å²) in [5.41, 5.74) is 1.56. The number of ether oxygens (including phenoxy) is 2. The molecule has 0 bridgehead atoms. The lowest BCUT2D eigenvalue weighted by Crippen LogP contribution is -2.36. The third kappa shape index (κ3) is 8.15. The highest BCUT2D eigenvalue weighted by Crippen LogP contribution is 2.15. The molecule has 2 aromatic carbocycles. The molecule has 0 aliphatic heterocycles. The Kier molecular flexibility index (Phi) is 8.38. The van der Waals surface area contributed by atoms with Crippen molar-refractivity contribution >= 4 is 6.03 Å². The second-order valence-electron chi connectivity index (χ2n) is 5.73. The van der Waals surface area contributed by atoms with E-state index in [1.807, 2.05) is 0 Å². The van der Waals surface area contributed by atoms with Crippen LogP contribution in [0.2, 0.25) is 0 Å². The molecule has 2 rings (SSSR count). The largest absolute Gasteiger partial charge is 0.488 e. The summed E-state index contributed by atoms with van der Waals surface area (Å²) in [6, 6.07) is 12.3. The summed E-state index contributed by atoms with van der Waals surface area (Å²) in [5, 5.41) is 5.32. The Hall–Kier alpha value is -2.97. The smallest absolute Gasteiger partial charge is 0.387 e. The van der Waals surface area contributed by atoms with E-state index in [0.29, 0.717) is 24.3 Å². The molecule has 5 nitrogen and oxygen atoms in total. The Morgan fingerprint density at radius 2 is 1.68 bits per heavy atom. The molecule has 0 aliphatic carbocycles. The number of rotatable bonds is 10. The van der Waals surface area contributed by atoms with E-state index < -0.39 is 25.7 Å². The minimum Gasteiger partial charge on any atom is -0.488 e. The molecule has 152 valence electrons. The van der Waals surface area contributed by atoms with E-state index in [0.717, 1.165) is 5.56 Å². The Morgan fingerprint density at radius 3 is 2.36 bits per heavy atom. The summed E-state index contributed by atoms with van der Waals surface area (Å²) in [6.07, 6.45) is -2.04. The fourth-order valence-electron chi connectivity index (χ4n) is 2.31. The van der Waals surface area contributed by atoms with E-state index in [9.17, 15) is 22.4 Å². The Labute approximate surface area is 159 Å². The van der Waals surface area contributed by atoms with E-state index in [2.05, 4.69) is 15.4 Å². The average molecular weight is 400 g/mol. The normalized spacial score (nSPS) is 10.8. The van der Waals surface area contributed by atoms with Crippen molar-refractivity contribution < 1.29 is 31.8 Å². The molecule has 9 heteroatoms. The highest BCUT2D eigenvalue weighted by molar-refractivity contribution is 5.73. The average Bonchev–Trinajstić information content (AvgIpc) is 2.66. The van der Waals surface area contributed by atoms with Gasteiger partial charge in [-0.15, -0.1) is 0 Å². The lowest BCUT2D eigenvalue weighted by Gasteiger charge is -2.10. The SMILES string of the molecule is O=C(NCCc1ccc(OC(F)F)cc1)NCc1cccc(OCC(F)F)c1. The summed E-state index contributed by atoms with van der Waals surface area (Å²) in [6.45, 7) is -3.00. The summed E-state index contributed by atoms with van der Waals surface area (Å²) >= 11 is 0. The van der Waals surface area contributed by atoms with Crippen molar-refractivity contribution in [2.45, 2.75) is 26.0 Å². The summed E-state index contributed by atoms with van der Waals surface area (Å²) < 4.78 is 57.7. The van der Waals surface area contributed by atoms with Gasteiger partial charge in [-0.05, 0) is 41.8 Å². The van der Waals surface area contributed by atoms with Gasteiger partial charge in [-0.2, -0.15) is 8.78 Å². The maximum absolute atomic E-state index is 12.2. The summed E-state index contributed by atoms with van der Waals surface area (Å²) in [7, 11) is 0. The number of carbonyl (C=O) groups is 1. The molecule has 0 atom stereocenters. The molecule has 0 aromatic heterocycles. The minimum atomic E-state index is -2.87. The molecule has 2 aromatic rings. The molecule has 0 saturated heterocycles. The van der Waals surface area contributed by atoms with Crippen molar-refractivity contribution in [3.63, 3.8) is 0 Å². The van der Waals surface area contributed by atoms with Crippen molar-refractivity contribution in [3.05, 3.63) is 59.7 Å². The quantitative estimate of drug-likeness (QED) is 0.594. The maximum Gasteiger partial charge on any atom is 0.387 e. The second kappa shape index (κ2) is 11.0. The highest BCUT2D eigenvalue weighted by atomic mass is 19.3. The first-order chi connectivity index (χ1) is 13.4. The van der Waals surface area contributed by atoms with E-state index >= 15 is 0 Å². The van der Waals surface area contributed by atoms with Crippen molar-refractivity contribution in [1.29, 1.82) is 0 Å². The number of amides is 2. The lowest BCUT2D eigenvalue weighted by atomic mass is 10.1. The van der Waals surface area contributed by atoms with E-state index in [1.165, 1.54) is 12.1 Å². The molecular formula is C19H20F4N2O3.